The first-order chi connectivity index (χ1) is 43.7. The van der Waals surface area contributed by atoms with Gasteiger partial charge in [0.25, 0.3) is 6.33 Å². The van der Waals surface area contributed by atoms with Crippen LogP contribution in [0.5, 0.6) is 11.5 Å². The molecule has 8 aromatic carbocycles. The molecule has 1 aliphatic carbocycles. The minimum Gasteiger partial charge on any atom is -0.510 e. The van der Waals surface area contributed by atoms with Gasteiger partial charge in [0.1, 0.15) is 5.82 Å². The van der Waals surface area contributed by atoms with E-state index in [1.807, 2.05) is 124 Å². The maximum absolute atomic E-state index is 10.4. The number of rotatable bonds is 5. The zero-order valence-electron chi connectivity index (χ0n) is 61.4. The molecule has 13 rings (SSSR count). The molecule has 6 heteroatoms. The summed E-state index contributed by atoms with van der Waals surface area (Å²) in [4.78, 5) is 4.83. The number of pyridine rings is 1. The molecule has 0 N–H and O–H groups in total. The first-order valence-electron chi connectivity index (χ1n) is 34.4. The van der Waals surface area contributed by atoms with Gasteiger partial charge in [-0.3, -0.25) is 4.57 Å². The Balaban J connectivity index is 0.00000864. The van der Waals surface area contributed by atoms with Crippen molar-refractivity contribution in [2.75, 3.05) is 0 Å². The SMILES string of the molecule is [2H]c1c([2H])c2c(c([2H])c1-c1cccc3c1-[n+]1[c-]n(-c4[c-]c(Oc5[c-]c6c(cc5)c5ccccc5n6-c5cc(C(C)(C)C)ccn5)ccc4)c4cccc(c41)-c1ccccc1-c1ccc(C(C)(C)C)cc1-3)C(C([2H])([2H])[2H])(C([2H])([2H])[2H])C([2H])([2H])C([2H])([2H])C2(C([2H])([2H])[2H])C([2H])([2H])[2H].[Pt]. The van der Waals surface area contributed by atoms with Gasteiger partial charge in [0.2, 0.25) is 0 Å². The van der Waals surface area contributed by atoms with Crippen LogP contribution in [-0.2, 0) is 42.7 Å². The molecule has 5 nitrogen and oxygen atoms in total. The van der Waals surface area contributed by atoms with Crippen LogP contribution in [0.15, 0.2) is 170 Å². The second kappa shape index (κ2) is 17.9. The van der Waals surface area contributed by atoms with Crippen LogP contribution in [0.3, 0.4) is 0 Å². The summed E-state index contributed by atoms with van der Waals surface area (Å²) in [6.07, 6.45) is -3.66. The van der Waals surface area contributed by atoms with Gasteiger partial charge in [-0.15, -0.1) is 29.7 Å². The molecule has 3 aromatic heterocycles. The van der Waals surface area contributed by atoms with E-state index in [0.717, 1.165) is 44.1 Å². The molecule has 0 bridgehead atoms. The van der Waals surface area contributed by atoms with Gasteiger partial charge >= 0.3 is 0 Å². The van der Waals surface area contributed by atoms with E-state index < -0.39 is 91.2 Å². The molecule has 0 radical (unpaired) electrons. The second-order valence-corrected chi connectivity index (χ2v) is 21.5. The molecule has 0 unspecified atom stereocenters. The van der Waals surface area contributed by atoms with E-state index >= 15 is 0 Å². The Morgan fingerprint density at radius 1 is 0.605 bits per heavy atom. The van der Waals surface area contributed by atoms with Crippen LogP contribution >= 0.6 is 0 Å². The van der Waals surface area contributed by atoms with Crippen molar-refractivity contribution in [1.82, 2.24) is 14.1 Å². The number of benzene rings is 8. The summed E-state index contributed by atoms with van der Waals surface area (Å²) in [5.41, 5.74) is -4.30. The fourth-order valence-electron chi connectivity index (χ4n) is 10.7. The Morgan fingerprint density at radius 2 is 1.25 bits per heavy atom. The number of nitrogens with zero attached hydrogens (tertiary/aromatic N) is 4. The molecule has 1 aliphatic heterocycles. The van der Waals surface area contributed by atoms with Crippen molar-refractivity contribution < 1.29 is 56.4 Å². The van der Waals surface area contributed by atoms with Crippen molar-refractivity contribution in [3.8, 4) is 73.2 Å². The number of fused-ring (bicyclic) bond motifs is 11. The molecule has 0 spiro atoms. The maximum atomic E-state index is 10.4. The number of ether oxygens (including phenoxy) is 1. The maximum Gasteiger partial charge on any atom is 0.268 e. The third-order valence-corrected chi connectivity index (χ3v) is 14.5. The van der Waals surface area contributed by atoms with Crippen LogP contribution in [0.2, 0.25) is 0 Å². The van der Waals surface area contributed by atoms with Crippen LogP contribution in [0.25, 0.3) is 94.5 Å². The van der Waals surface area contributed by atoms with Crippen molar-refractivity contribution in [1.29, 1.82) is 0 Å². The predicted octanol–water partition coefficient (Wildman–Crippen LogP) is 17.5. The van der Waals surface area contributed by atoms with Gasteiger partial charge in [-0.2, -0.15) is 18.2 Å². The summed E-state index contributed by atoms with van der Waals surface area (Å²) in [7, 11) is 0. The van der Waals surface area contributed by atoms with Crippen LogP contribution in [0, 0.1) is 18.5 Å². The molecule has 2 aliphatic rings. The first kappa shape index (κ1) is 32.3. The Hall–Kier alpha value is -7.33. The van der Waals surface area contributed by atoms with Crippen LogP contribution < -0.4 is 9.30 Å². The molecule has 76 heavy (non-hydrogen) atoms. The van der Waals surface area contributed by atoms with Gasteiger partial charge in [-0.25, -0.2) is 4.98 Å². The molecule has 0 atom stereocenters. The normalized spacial score (nSPS) is 20.1. The van der Waals surface area contributed by atoms with E-state index in [9.17, 15) is 9.60 Å². The second-order valence-electron chi connectivity index (χ2n) is 21.5. The monoisotopic (exact) mass is 1190 g/mol. The first-order valence-corrected chi connectivity index (χ1v) is 24.9. The zero-order chi connectivity index (χ0) is 68.0. The van der Waals surface area contributed by atoms with Gasteiger partial charge in [-0.1, -0.05) is 190 Å². The third kappa shape index (κ3) is 8.08. The van der Waals surface area contributed by atoms with Gasteiger partial charge in [0.15, 0.2) is 0 Å². The Morgan fingerprint density at radius 3 is 2.04 bits per heavy atom. The van der Waals surface area contributed by atoms with Gasteiger partial charge in [-0.05, 0) is 130 Å². The molecule has 380 valence electrons. The van der Waals surface area contributed by atoms with Crippen LogP contribution in [0.1, 0.15) is 130 Å². The van der Waals surface area contributed by atoms with E-state index in [1.165, 1.54) is 6.07 Å². The van der Waals surface area contributed by atoms with E-state index in [1.54, 1.807) is 45.7 Å². The molecule has 4 heterocycles. The fraction of sp³-hybridized carbons (Fsp3) is 0.229. The quantitative estimate of drug-likeness (QED) is 0.127. The zero-order valence-corrected chi connectivity index (χ0v) is 44.7. The fourth-order valence-corrected chi connectivity index (χ4v) is 10.7. The minimum atomic E-state index is -4.52. The summed E-state index contributed by atoms with van der Waals surface area (Å²) >= 11 is 0. The van der Waals surface area contributed by atoms with Gasteiger partial charge < -0.3 is 13.9 Å². The van der Waals surface area contributed by atoms with Gasteiger partial charge in [0, 0.05) is 66.2 Å². The van der Waals surface area contributed by atoms with E-state index in [4.69, 9.17) is 26.2 Å². The molecular weight excluding hydrogens is 1110 g/mol. The minimum absolute atomic E-state index is 0. The number of hydrogen-bond acceptors (Lipinski definition) is 2. The Bertz CT molecular complexity index is 4960. The largest absolute Gasteiger partial charge is 0.510 e. The Labute approximate surface area is 488 Å². The average molecular weight is 1190 g/mol. The average Bonchev–Trinajstić information content (AvgIpc) is 1.10. The predicted molar refractivity (Wildman–Crippen MR) is 308 cm³/mol. The molecule has 0 saturated carbocycles. The van der Waals surface area contributed by atoms with Crippen molar-refractivity contribution in [3.05, 3.63) is 211 Å². The van der Waals surface area contributed by atoms with Crippen molar-refractivity contribution in [3.63, 3.8) is 0 Å². The standard InChI is InChI=1S/C70H62N4O.Pt/c1-67(2,3)45-29-31-53-51-20-11-12-21-52(51)56-25-17-27-62-66(56)73(65-50(23-16-24-57(65)58(53)39-45)44-28-33-59-60(38-44)70(9,10)36-35-69(59,7)8)43-72(62)47-18-15-19-48(41-47)75-49-30-32-55-54-22-13-14-26-61(54)74(63(55)42-49)64-40-46(34-37-71-64)68(4,5)6;/h11-34,37-40H,35-36H2,1-10H3;/q-2;/i7D3,8D3,9D3,10D3,28D,33D,35D2,36D2,38D;. The summed E-state index contributed by atoms with van der Waals surface area (Å²) in [6.45, 7) is -4.42. The van der Waals surface area contributed by atoms with E-state index in [-0.39, 0.29) is 43.5 Å². The molecule has 0 saturated heterocycles. The van der Waals surface area contributed by atoms with E-state index in [2.05, 4.69) is 49.9 Å². The number of imidazole rings is 1. The molecule has 0 amide bonds. The van der Waals surface area contributed by atoms with Crippen molar-refractivity contribution >= 4 is 32.8 Å². The smallest absolute Gasteiger partial charge is 0.268 e. The van der Waals surface area contributed by atoms with Gasteiger partial charge in [0.05, 0.1) is 20.8 Å². The summed E-state index contributed by atoms with van der Waals surface area (Å²) in [6, 6.07) is 48.5. The molecule has 11 aromatic rings. The van der Waals surface area contributed by atoms with Crippen molar-refractivity contribution in [2.24, 2.45) is 0 Å². The number of hydrogen-bond donors (Lipinski definition) is 0. The molecular formula is C70H62N4OPt-2. The summed E-state index contributed by atoms with van der Waals surface area (Å²) in [5, 5.41) is 1.91. The number of para-hydroxylation sites is 3. The topological polar surface area (TPSA) is 35.9 Å². The van der Waals surface area contributed by atoms with Crippen molar-refractivity contribution in [2.45, 2.75) is 103 Å². The molecule has 0 fully saturated rings. The third-order valence-electron chi connectivity index (χ3n) is 14.5. The summed E-state index contributed by atoms with van der Waals surface area (Å²) < 4.78 is 189. The Kier molecular flexibility index (Phi) is 7.60. The van der Waals surface area contributed by atoms with Crippen LogP contribution in [-0.4, -0.2) is 14.1 Å². The van der Waals surface area contributed by atoms with E-state index in [0.29, 0.717) is 50.5 Å². The number of aromatic nitrogens is 4. The van der Waals surface area contributed by atoms with Crippen LogP contribution in [0.4, 0.5) is 0 Å². The summed E-state index contributed by atoms with van der Waals surface area (Å²) in [5.74, 6) is 1.33.